The zero-order chi connectivity index (χ0) is 19.5. The van der Waals surface area contributed by atoms with Crippen molar-refractivity contribution in [2.24, 2.45) is 11.8 Å². The summed E-state index contributed by atoms with van der Waals surface area (Å²) in [6.07, 6.45) is -4.65. The number of carbonyl (C=O) groups is 2. The van der Waals surface area contributed by atoms with Crippen LogP contribution in [0.15, 0.2) is 29.2 Å². The molecule has 3 atom stereocenters. The second-order valence-corrected chi connectivity index (χ2v) is 7.57. The van der Waals surface area contributed by atoms with Gasteiger partial charge < -0.3 is 15.3 Å². The van der Waals surface area contributed by atoms with Crippen LogP contribution in [0.25, 0.3) is 0 Å². The second-order valence-electron chi connectivity index (χ2n) is 6.47. The highest BCUT2D eigenvalue weighted by Crippen LogP contribution is 2.37. The minimum Gasteiger partial charge on any atom is -0.481 e. The molecule has 0 aromatic heterocycles. The van der Waals surface area contributed by atoms with Gasteiger partial charge in [0.2, 0.25) is 0 Å². The molecule has 5 nitrogen and oxygen atoms in total. The highest BCUT2D eigenvalue weighted by atomic mass is 32.2. The number of amides is 2. The molecular formula is C17H21F3N2O3S. The summed E-state index contributed by atoms with van der Waals surface area (Å²) in [6, 6.07) is 6.92. The quantitative estimate of drug-likeness (QED) is 0.757. The molecule has 1 saturated heterocycles. The van der Waals surface area contributed by atoms with Crippen LogP contribution in [-0.2, 0) is 4.79 Å². The Balaban J connectivity index is 1.88. The molecule has 26 heavy (non-hydrogen) atoms. The number of carboxylic acids is 1. The molecule has 2 N–H and O–H groups in total. The Bertz CT molecular complexity index is 652. The summed E-state index contributed by atoms with van der Waals surface area (Å²) < 4.78 is 38.9. The number of hydrogen-bond donors (Lipinski definition) is 2. The minimum absolute atomic E-state index is 0.276. The van der Waals surface area contributed by atoms with Crippen LogP contribution < -0.4 is 5.32 Å². The standard InChI is InChI=1S/C17H21F3N2O3S/c1-10-3-5-12(6-4-10)26-9-11(2)21-16(25)22-7-13(15(23)24)14(8-22)17(18,19)20/h3-6,11,13-14H,7-9H2,1-2H3,(H,21,25)(H,23,24)/t11?,13-,14-/m1/s1. The molecule has 2 amide bonds. The van der Waals surface area contributed by atoms with Gasteiger partial charge in [0.15, 0.2) is 0 Å². The summed E-state index contributed by atoms with van der Waals surface area (Å²) in [5.41, 5.74) is 1.14. The molecule has 0 spiro atoms. The van der Waals surface area contributed by atoms with E-state index in [2.05, 4.69) is 5.32 Å². The van der Waals surface area contributed by atoms with Crippen LogP contribution in [-0.4, -0.2) is 53.1 Å². The Labute approximate surface area is 153 Å². The number of aryl methyl sites for hydroxylation is 1. The smallest absolute Gasteiger partial charge is 0.394 e. The Kier molecular flexibility index (Phi) is 6.44. The summed E-state index contributed by atoms with van der Waals surface area (Å²) in [6.45, 7) is 2.66. The number of thioether (sulfide) groups is 1. The van der Waals surface area contributed by atoms with Gasteiger partial charge in [-0.1, -0.05) is 17.7 Å². The molecule has 1 fully saturated rings. The lowest BCUT2D eigenvalue weighted by atomic mass is 9.96. The predicted octanol–water partition coefficient (Wildman–Crippen LogP) is 3.38. The molecule has 0 bridgehead atoms. The van der Waals surface area contributed by atoms with E-state index in [0.717, 1.165) is 15.4 Å². The van der Waals surface area contributed by atoms with Gasteiger partial charge in [0, 0.05) is 29.8 Å². The van der Waals surface area contributed by atoms with Crippen LogP contribution in [0.5, 0.6) is 0 Å². The number of benzene rings is 1. The van der Waals surface area contributed by atoms with Gasteiger partial charge in [0.25, 0.3) is 0 Å². The van der Waals surface area contributed by atoms with Gasteiger partial charge >= 0.3 is 18.2 Å². The van der Waals surface area contributed by atoms with E-state index in [1.165, 1.54) is 11.8 Å². The fourth-order valence-electron chi connectivity index (χ4n) is 2.75. The van der Waals surface area contributed by atoms with Crippen molar-refractivity contribution in [3.05, 3.63) is 29.8 Å². The summed E-state index contributed by atoms with van der Waals surface area (Å²) in [5.74, 6) is -4.65. The molecule has 1 aromatic rings. The van der Waals surface area contributed by atoms with Crippen molar-refractivity contribution in [1.82, 2.24) is 10.2 Å². The van der Waals surface area contributed by atoms with Gasteiger partial charge in [-0.3, -0.25) is 4.79 Å². The van der Waals surface area contributed by atoms with E-state index in [1.807, 2.05) is 31.2 Å². The lowest BCUT2D eigenvalue weighted by Crippen LogP contribution is -2.44. The van der Waals surface area contributed by atoms with Gasteiger partial charge in [-0.2, -0.15) is 13.2 Å². The molecule has 9 heteroatoms. The largest absolute Gasteiger partial charge is 0.481 e. The maximum absolute atomic E-state index is 13.0. The van der Waals surface area contributed by atoms with Crippen LogP contribution in [0.2, 0.25) is 0 Å². The molecule has 2 rings (SSSR count). The van der Waals surface area contributed by atoms with Crippen molar-refractivity contribution < 1.29 is 27.9 Å². The number of carbonyl (C=O) groups excluding carboxylic acids is 1. The van der Waals surface area contributed by atoms with Gasteiger partial charge in [-0.05, 0) is 26.0 Å². The molecule has 1 heterocycles. The maximum atomic E-state index is 13.0. The molecule has 1 aliphatic rings. The highest BCUT2D eigenvalue weighted by molar-refractivity contribution is 7.99. The van der Waals surface area contributed by atoms with E-state index in [-0.39, 0.29) is 6.04 Å². The SMILES string of the molecule is Cc1ccc(SCC(C)NC(=O)N2C[C@@H](C(F)(F)F)[C@H](C(=O)O)C2)cc1. The first kappa shape index (κ1) is 20.4. The van der Waals surface area contributed by atoms with E-state index in [9.17, 15) is 22.8 Å². The number of likely N-dealkylation sites (tertiary alicyclic amines) is 1. The molecule has 1 aliphatic heterocycles. The first-order chi connectivity index (χ1) is 12.1. The number of halogens is 3. The van der Waals surface area contributed by atoms with E-state index in [4.69, 9.17) is 5.11 Å². The van der Waals surface area contributed by atoms with Crippen molar-refractivity contribution >= 4 is 23.8 Å². The monoisotopic (exact) mass is 390 g/mol. The number of rotatable bonds is 5. The normalized spacial score (nSPS) is 21.5. The molecule has 0 aliphatic carbocycles. The first-order valence-electron chi connectivity index (χ1n) is 8.12. The van der Waals surface area contributed by atoms with E-state index in [0.29, 0.717) is 5.75 Å². The van der Waals surface area contributed by atoms with Crippen LogP contribution in [0.3, 0.4) is 0 Å². The Morgan fingerprint density at radius 1 is 1.31 bits per heavy atom. The number of hydrogen-bond acceptors (Lipinski definition) is 3. The first-order valence-corrected chi connectivity index (χ1v) is 9.11. The number of alkyl halides is 3. The van der Waals surface area contributed by atoms with Crippen molar-refractivity contribution in [2.75, 3.05) is 18.8 Å². The highest BCUT2D eigenvalue weighted by Gasteiger charge is 2.53. The summed E-state index contributed by atoms with van der Waals surface area (Å²) in [7, 11) is 0. The van der Waals surface area contributed by atoms with E-state index >= 15 is 0 Å². The molecule has 1 unspecified atom stereocenters. The number of nitrogens with zero attached hydrogens (tertiary/aromatic N) is 1. The van der Waals surface area contributed by atoms with Crippen molar-refractivity contribution in [3.63, 3.8) is 0 Å². The topological polar surface area (TPSA) is 69.6 Å². The van der Waals surface area contributed by atoms with Crippen LogP contribution >= 0.6 is 11.8 Å². The van der Waals surface area contributed by atoms with Gasteiger partial charge in [0.05, 0.1) is 11.8 Å². The number of urea groups is 1. The lowest BCUT2D eigenvalue weighted by molar-refractivity contribution is -0.187. The molecule has 144 valence electrons. The number of nitrogens with one attached hydrogen (secondary N) is 1. The molecular weight excluding hydrogens is 369 g/mol. The van der Waals surface area contributed by atoms with E-state index < -0.39 is 43.1 Å². The Morgan fingerprint density at radius 3 is 2.42 bits per heavy atom. The van der Waals surface area contributed by atoms with Gasteiger partial charge in [-0.25, -0.2) is 4.79 Å². The average Bonchev–Trinajstić information content (AvgIpc) is 3.00. The third-order valence-electron chi connectivity index (χ3n) is 4.24. The fraction of sp³-hybridized carbons (Fsp3) is 0.529. The van der Waals surface area contributed by atoms with Crippen molar-refractivity contribution in [3.8, 4) is 0 Å². The average molecular weight is 390 g/mol. The van der Waals surface area contributed by atoms with Gasteiger partial charge in [-0.15, -0.1) is 11.8 Å². The van der Waals surface area contributed by atoms with Gasteiger partial charge in [0.1, 0.15) is 0 Å². The third kappa shape index (κ3) is 5.30. The molecule has 0 saturated carbocycles. The lowest BCUT2D eigenvalue weighted by Gasteiger charge is -2.21. The van der Waals surface area contributed by atoms with E-state index in [1.54, 1.807) is 6.92 Å². The molecule has 1 aromatic carbocycles. The third-order valence-corrected chi connectivity index (χ3v) is 5.51. The van der Waals surface area contributed by atoms with Crippen molar-refractivity contribution in [1.29, 1.82) is 0 Å². The summed E-state index contributed by atoms with van der Waals surface area (Å²) in [4.78, 5) is 25.2. The Hall–Kier alpha value is -1.90. The fourth-order valence-corrected chi connectivity index (χ4v) is 3.61. The van der Waals surface area contributed by atoms with Crippen molar-refractivity contribution in [2.45, 2.75) is 31.0 Å². The summed E-state index contributed by atoms with van der Waals surface area (Å²) >= 11 is 1.52. The predicted molar refractivity (Wildman–Crippen MR) is 92.1 cm³/mol. The zero-order valence-corrected chi connectivity index (χ0v) is 15.2. The zero-order valence-electron chi connectivity index (χ0n) is 14.4. The second kappa shape index (κ2) is 8.20. The Morgan fingerprint density at radius 2 is 1.92 bits per heavy atom. The number of aliphatic carboxylic acids is 1. The summed E-state index contributed by atoms with van der Waals surface area (Å²) in [5, 5.41) is 11.6. The minimum atomic E-state index is -4.65. The van der Waals surface area contributed by atoms with Crippen LogP contribution in [0, 0.1) is 18.8 Å². The molecule has 0 radical (unpaired) electrons. The van der Waals surface area contributed by atoms with Crippen LogP contribution in [0.1, 0.15) is 12.5 Å². The maximum Gasteiger partial charge on any atom is 0.394 e. The number of carboxylic acid groups (broad SMARTS) is 1. The van der Waals surface area contributed by atoms with Crippen LogP contribution in [0.4, 0.5) is 18.0 Å².